The zero-order valence-electron chi connectivity index (χ0n) is 12.0. The van der Waals surface area contributed by atoms with E-state index in [0.717, 1.165) is 23.1 Å². The first-order chi connectivity index (χ1) is 9.61. The fourth-order valence-corrected chi connectivity index (χ4v) is 2.80. The molecule has 1 aliphatic heterocycles. The summed E-state index contributed by atoms with van der Waals surface area (Å²) < 4.78 is 6.06. The van der Waals surface area contributed by atoms with Gasteiger partial charge in [0.1, 0.15) is 0 Å². The second kappa shape index (κ2) is 6.93. The van der Waals surface area contributed by atoms with Crippen molar-refractivity contribution in [2.24, 2.45) is 0 Å². The fraction of sp³-hybridized carbons (Fsp3) is 0.438. The molecule has 0 spiro atoms. The number of benzene rings is 1. The van der Waals surface area contributed by atoms with Crippen LogP contribution >= 0.6 is 15.9 Å². The third-order valence-electron chi connectivity index (χ3n) is 3.41. The van der Waals surface area contributed by atoms with Crippen molar-refractivity contribution in [3.63, 3.8) is 0 Å². The van der Waals surface area contributed by atoms with Crippen molar-refractivity contribution in [3.8, 4) is 0 Å². The van der Waals surface area contributed by atoms with Gasteiger partial charge >= 0.3 is 5.97 Å². The third-order valence-corrected chi connectivity index (χ3v) is 3.90. The van der Waals surface area contributed by atoms with E-state index in [1.165, 1.54) is 18.5 Å². The Morgan fingerprint density at radius 1 is 1.40 bits per heavy atom. The maximum Gasteiger partial charge on any atom is 0.333 e. The Bertz CT molecular complexity index is 519. The molecule has 108 valence electrons. The zero-order chi connectivity index (χ0) is 14.5. The maximum absolute atomic E-state index is 11.7. The molecular weight excluding hydrogens is 318 g/mol. The minimum Gasteiger partial charge on any atom is -0.463 e. The Labute approximate surface area is 128 Å². The van der Waals surface area contributed by atoms with E-state index < -0.39 is 0 Å². The zero-order valence-corrected chi connectivity index (χ0v) is 13.6. The molecular formula is C16H20BrNO2. The minimum absolute atomic E-state index is 0.250. The van der Waals surface area contributed by atoms with Crippen molar-refractivity contribution in [1.82, 2.24) is 0 Å². The van der Waals surface area contributed by atoms with Crippen molar-refractivity contribution in [3.05, 3.63) is 33.8 Å². The Hall–Kier alpha value is -1.29. The van der Waals surface area contributed by atoms with Crippen molar-refractivity contribution >= 4 is 33.7 Å². The van der Waals surface area contributed by atoms with Gasteiger partial charge in [0.25, 0.3) is 0 Å². The molecule has 4 heteroatoms. The molecule has 0 amide bonds. The number of ether oxygens (including phenoxy) is 1. The van der Waals surface area contributed by atoms with Crippen LogP contribution in [0.1, 0.15) is 32.3 Å². The number of carbonyl (C=O) groups excluding carboxylic acids is 1. The van der Waals surface area contributed by atoms with E-state index in [0.29, 0.717) is 12.2 Å². The predicted molar refractivity (Wildman–Crippen MR) is 85.9 cm³/mol. The molecule has 0 saturated carbocycles. The Balaban J connectivity index is 2.31. The first-order valence-electron chi connectivity index (χ1n) is 7.01. The van der Waals surface area contributed by atoms with Crippen LogP contribution in [0.4, 0.5) is 5.69 Å². The number of anilines is 1. The van der Waals surface area contributed by atoms with Gasteiger partial charge in [0.15, 0.2) is 0 Å². The normalized spacial score (nSPS) is 15.6. The van der Waals surface area contributed by atoms with Gasteiger partial charge in [-0.05, 0) is 56.5 Å². The molecule has 0 bridgehead atoms. The molecule has 1 aliphatic rings. The van der Waals surface area contributed by atoms with Crippen LogP contribution in [0.15, 0.2) is 28.2 Å². The van der Waals surface area contributed by atoms with Crippen LogP contribution in [0.5, 0.6) is 0 Å². The standard InChI is InChI=1S/C16H20BrNO2/c1-3-20-16(19)12(2)10-13-11-14(17)6-7-15(13)18-8-4-5-9-18/h6-7,10-11H,3-5,8-9H2,1-2H3. The summed E-state index contributed by atoms with van der Waals surface area (Å²) in [5.41, 5.74) is 2.88. The van der Waals surface area contributed by atoms with Gasteiger partial charge in [-0.25, -0.2) is 4.79 Å². The van der Waals surface area contributed by atoms with Crippen LogP contribution in [0, 0.1) is 0 Å². The molecule has 3 nitrogen and oxygen atoms in total. The molecule has 1 aromatic carbocycles. The summed E-state index contributed by atoms with van der Waals surface area (Å²) in [6, 6.07) is 6.21. The van der Waals surface area contributed by atoms with Crippen LogP contribution in [0.2, 0.25) is 0 Å². The second-order valence-corrected chi connectivity index (χ2v) is 5.86. The van der Waals surface area contributed by atoms with Gasteiger partial charge in [0, 0.05) is 28.8 Å². The summed E-state index contributed by atoms with van der Waals surface area (Å²) in [5, 5.41) is 0. The number of nitrogens with zero attached hydrogens (tertiary/aromatic N) is 1. The molecule has 0 aliphatic carbocycles. The Morgan fingerprint density at radius 3 is 2.75 bits per heavy atom. The first-order valence-corrected chi connectivity index (χ1v) is 7.81. The Kier molecular flexibility index (Phi) is 5.24. The topological polar surface area (TPSA) is 29.5 Å². The average molecular weight is 338 g/mol. The minimum atomic E-state index is -0.250. The molecule has 1 fully saturated rings. The first kappa shape index (κ1) is 15.1. The van der Waals surface area contributed by atoms with Crippen molar-refractivity contribution in [1.29, 1.82) is 0 Å². The molecule has 0 radical (unpaired) electrons. The van der Waals surface area contributed by atoms with Crippen LogP contribution in [-0.4, -0.2) is 25.7 Å². The summed E-state index contributed by atoms with van der Waals surface area (Å²) in [4.78, 5) is 14.1. The fourth-order valence-electron chi connectivity index (χ4n) is 2.42. The lowest BCUT2D eigenvalue weighted by Crippen LogP contribution is -2.18. The van der Waals surface area contributed by atoms with Crippen LogP contribution in [-0.2, 0) is 9.53 Å². The van der Waals surface area contributed by atoms with Gasteiger partial charge in [-0.1, -0.05) is 15.9 Å². The number of halogens is 1. The molecule has 0 N–H and O–H groups in total. The monoisotopic (exact) mass is 337 g/mol. The number of hydrogen-bond donors (Lipinski definition) is 0. The van der Waals surface area contributed by atoms with Gasteiger partial charge in [0.05, 0.1) is 6.61 Å². The van der Waals surface area contributed by atoms with Crippen LogP contribution < -0.4 is 4.90 Å². The van der Waals surface area contributed by atoms with Crippen LogP contribution in [0.25, 0.3) is 6.08 Å². The largest absolute Gasteiger partial charge is 0.463 e. The Morgan fingerprint density at radius 2 is 2.10 bits per heavy atom. The smallest absolute Gasteiger partial charge is 0.333 e. The number of rotatable bonds is 4. The molecule has 2 rings (SSSR count). The molecule has 1 saturated heterocycles. The molecule has 0 unspecified atom stereocenters. The number of esters is 1. The lowest BCUT2D eigenvalue weighted by Gasteiger charge is -2.20. The molecule has 0 aromatic heterocycles. The van der Waals surface area contributed by atoms with E-state index >= 15 is 0 Å². The van der Waals surface area contributed by atoms with Crippen LogP contribution in [0.3, 0.4) is 0 Å². The number of hydrogen-bond acceptors (Lipinski definition) is 3. The number of carbonyl (C=O) groups is 1. The summed E-state index contributed by atoms with van der Waals surface area (Å²) >= 11 is 3.50. The second-order valence-electron chi connectivity index (χ2n) is 4.95. The molecule has 1 aromatic rings. The quantitative estimate of drug-likeness (QED) is 0.614. The van der Waals surface area contributed by atoms with E-state index in [9.17, 15) is 4.79 Å². The lowest BCUT2D eigenvalue weighted by molar-refractivity contribution is -0.138. The summed E-state index contributed by atoms with van der Waals surface area (Å²) in [6.07, 6.45) is 4.38. The SMILES string of the molecule is CCOC(=O)C(C)=Cc1cc(Br)ccc1N1CCCC1. The van der Waals surface area contributed by atoms with E-state index in [2.05, 4.69) is 33.0 Å². The highest BCUT2D eigenvalue weighted by Gasteiger charge is 2.16. The van der Waals surface area contributed by atoms with Gasteiger partial charge in [-0.2, -0.15) is 0 Å². The summed E-state index contributed by atoms with van der Waals surface area (Å²) in [6.45, 7) is 6.19. The van der Waals surface area contributed by atoms with Gasteiger partial charge in [-0.15, -0.1) is 0 Å². The highest BCUT2D eigenvalue weighted by Crippen LogP contribution is 2.29. The van der Waals surface area contributed by atoms with E-state index in [-0.39, 0.29) is 5.97 Å². The predicted octanol–water partition coefficient (Wildman–Crippen LogP) is 4.02. The molecule has 20 heavy (non-hydrogen) atoms. The third kappa shape index (κ3) is 3.63. The van der Waals surface area contributed by atoms with E-state index in [1.807, 2.05) is 19.1 Å². The van der Waals surface area contributed by atoms with Crippen molar-refractivity contribution < 1.29 is 9.53 Å². The summed E-state index contributed by atoms with van der Waals surface area (Å²) in [7, 11) is 0. The highest BCUT2D eigenvalue weighted by atomic mass is 79.9. The summed E-state index contributed by atoms with van der Waals surface area (Å²) in [5.74, 6) is -0.250. The van der Waals surface area contributed by atoms with Gasteiger partial charge in [0.2, 0.25) is 0 Å². The van der Waals surface area contributed by atoms with Gasteiger partial charge in [-0.3, -0.25) is 0 Å². The highest BCUT2D eigenvalue weighted by molar-refractivity contribution is 9.10. The van der Waals surface area contributed by atoms with E-state index in [4.69, 9.17) is 4.74 Å². The lowest BCUT2D eigenvalue weighted by atomic mass is 10.1. The van der Waals surface area contributed by atoms with E-state index in [1.54, 1.807) is 6.92 Å². The molecule has 1 heterocycles. The average Bonchev–Trinajstić information content (AvgIpc) is 2.93. The maximum atomic E-state index is 11.7. The van der Waals surface area contributed by atoms with Gasteiger partial charge < -0.3 is 9.64 Å². The van der Waals surface area contributed by atoms with Crippen molar-refractivity contribution in [2.45, 2.75) is 26.7 Å². The molecule has 0 atom stereocenters. The van der Waals surface area contributed by atoms with Crippen molar-refractivity contribution in [2.75, 3.05) is 24.6 Å².